The van der Waals surface area contributed by atoms with Gasteiger partial charge in [0, 0.05) is 15.6 Å². The van der Waals surface area contributed by atoms with Crippen LogP contribution in [0.5, 0.6) is 5.75 Å². The van der Waals surface area contributed by atoms with Gasteiger partial charge >= 0.3 is 6.03 Å². The highest BCUT2D eigenvalue weighted by molar-refractivity contribution is 6.39. The molecule has 0 saturated carbocycles. The lowest BCUT2D eigenvalue weighted by atomic mass is 10.1. The van der Waals surface area contributed by atoms with Crippen molar-refractivity contribution in [3.63, 3.8) is 0 Å². The van der Waals surface area contributed by atoms with Gasteiger partial charge in [-0.25, -0.2) is 9.69 Å². The van der Waals surface area contributed by atoms with E-state index in [0.29, 0.717) is 27.0 Å². The lowest BCUT2D eigenvalue weighted by Gasteiger charge is -2.26. The average molecular weight is 481 g/mol. The summed E-state index contributed by atoms with van der Waals surface area (Å²) in [7, 11) is 0. The van der Waals surface area contributed by atoms with Crippen LogP contribution in [0.4, 0.5) is 10.5 Å². The Hall–Kier alpha value is -3.61. The maximum Gasteiger partial charge on any atom is 0.335 e. The van der Waals surface area contributed by atoms with Gasteiger partial charge in [0.05, 0.1) is 5.69 Å². The summed E-state index contributed by atoms with van der Waals surface area (Å²) in [5.74, 6) is -1.13. The van der Waals surface area contributed by atoms with E-state index in [4.69, 9.17) is 27.9 Å². The second kappa shape index (κ2) is 9.48. The molecule has 0 unspecified atom stereocenters. The fourth-order valence-electron chi connectivity index (χ4n) is 3.37. The molecule has 0 bridgehead atoms. The summed E-state index contributed by atoms with van der Waals surface area (Å²) in [5, 5.41) is 3.20. The molecule has 0 atom stereocenters. The normalized spacial score (nSPS) is 15.1. The molecule has 4 rings (SSSR count). The van der Waals surface area contributed by atoms with Gasteiger partial charge in [-0.1, -0.05) is 47.5 Å². The number of barbiturate groups is 1. The number of halogens is 2. The summed E-state index contributed by atoms with van der Waals surface area (Å²) >= 11 is 12.2. The summed E-state index contributed by atoms with van der Waals surface area (Å²) in [5.41, 5.74) is 2.27. The van der Waals surface area contributed by atoms with E-state index in [-0.39, 0.29) is 12.2 Å². The third kappa shape index (κ3) is 5.08. The molecule has 1 N–H and O–H groups in total. The average Bonchev–Trinajstić information content (AvgIpc) is 2.76. The minimum atomic E-state index is -0.809. The molecule has 6 nitrogen and oxygen atoms in total. The molecule has 166 valence electrons. The fourth-order valence-corrected chi connectivity index (χ4v) is 3.76. The quantitative estimate of drug-likeness (QED) is 0.383. The van der Waals surface area contributed by atoms with E-state index in [0.717, 1.165) is 16.0 Å². The minimum absolute atomic E-state index is 0.215. The van der Waals surface area contributed by atoms with Crippen LogP contribution >= 0.6 is 23.2 Å². The first-order chi connectivity index (χ1) is 15.8. The number of imide groups is 2. The van der Waals surface area contributed by atoms with Crippen molar-refractivity contribution < 1.29 is 19.1 Å². The van der Waals surface area contributed by atoms with E-state index < -0.39 is 17.8 Å². The van der Waals surface area contributed by atoms with E-state index in [1.54, 1.807) is 48.5 Å². The first-order valence-corrected chi connectivity index (χ1v) is 10.7. The van der Waals surface area contributed by atoms with E-state index in [1.807, 2.05) is 25.1 Å². The number of hydrogen-bond acceptors (Lipinski definition) is 4. The van der Waals surface area contributed by atoms with Crippen LogP contribution < -0.4 is 15.0 Å². The number of carbonyl (C=O) groups excluding carboxylic acids is 3. The monoisotopic (exact) mass is 480 g/mol. The van der Waals surface area contributed by atoms with Crippen LogP contribution in [0.15, 0.2) is 72.3 Å². The summed E-state index contributed by atoms with van der Waals surface area (Å²) in [6.45, 7) is 2.06. The van der Waals surface area contributed by atoms with Crippen molar-refractivity contribution in [2.45, 2.75) is 13.5 Å². The Labute approximate surface area is 200 Å². The smallest absolute Gasteiger partial charge is 0.335 e. The van der Waals surface area contributed by atoms with Gasteiger partial charge in [-0.3, -0.25) is 14.9 Å². The molecule has 4 amide bonds. The Balaban J connectivity index is 1.68. The molecule has 0 aliphatic carbocycles. The number of amides is 4. The van der Waals surface area contributed by atoms with Gasteiger partial charge in [0.2, 0.25) is 0 Å². The zero-order valence-corrected chi connectivity index (χ0v) is 19.0. The second-order valence-corrected chi connectivity index (χ2v) is 8.27. The number of aryl methyl sites for hydroxylation is 1. The number of hydrogen-bond donors (Lipinski definition) is 1. The van der Waals surface area contributed by atoms with Crippen LogP contribution in [0.3, 0.4) is 0 Å². The van der Waals surface area contributed by atoms with Crippen molar-refractivity contribution >= 4 is 52.8 Å². The molecule has 1 aliphatic heterocycles. The Morgan fingerprint density at radius 1 is 0.939 bits per heavy atom. The molecular formula is C25H18Cl2N2O4. The Kier molecular flexibility index (Phi) is 6.49. The zero-order valence-electron chi connectivity index (χ0n) is 17.5. The van der Waals surface area contributed by atoms with E-state index in [1.165, 1.54) is 6.08 Å². The fraction of sp³-hybridized carbons (Fsp3) is 0.0800. The standard InChI is InChI=1S/C25H18Cl2N2O4/c1-15-4-2-7-20(10-15)29-24(31)21(23(30)28-25(29)32)13-17-12-19(27)8-9-22(17)33-14-16-5-3-6-18(26)11-16/h2-13H,14H2,1H3,(H,28,30,32)/b21-13+. The van der Waals surface area contributed by atoms with Gasteiger partial charge in [0.15, 0.2) is 0 Å². The molecule has 3 aromatic carbocycles. The highest BCUT2D eigenvalue weighted by atomic mass is 35.5. The number of nitrogens with one attached hydrogen (secondary N) is 1. The van der Waals surface area contributed by atoms with Crippen molar-refractivity contribution in [3.8, 4) is 5.75 Å². The third-order valence-corrected chi connectivity index (χ3v) is 5.39. The van der Waals surface area contributed by atoms with Crippen LogP contribution in [-0.2, 0) is 16.2 Å². The SMILES string of the molecule is Cc1cccc(N2C(=O)NC(=O)/C(=C\c3cc(Cl)ccc3OCc3cccc(Cl)c3)C2=O)c1. The van der Waals surface area contributed by atoms with Crippen molar-refractivity contribution in [2.24, 2.45) is 0 Å². The summed E-state index contributed by atoms with van der Waals surface area (Å²) < 4.78 is 5.91. The summed E-state index contributed by atoms with van der Waals surface area (Å²) in [4.78, 5) is 39.1. The number of carbonyl (C=O) groups is 3. The van der Waals surface area contributed by atoms with Crippen molar-refractivity contribution in [1.29, 1.82) is 0 Å². The molecule has 1 fully saturated rings. The number of benzene rings is 3. The first-order valence-electron chi connectivity index (χ1n) is 9.97. The Morgan fingerprint density at radius 3 is 2.45 bits per heavy atom. The molecule has 33 heavy (non-hydrogen) atoms. The van der Waals surface area contributed by atoms with E-state index in [2.05, 4.69) is 5.32 Å². The summed E-state index contributed by atoms with van der Waals surface area (Å²) in [6.07, 6.45) is 1.37. The van der Waals surface area contributed by atoms with Gasteiger partial charge in [0.25, 0.3) is 11.8 Å². The van der Waals surface area contributed by atoms with Gasteiger partial charge in [-0.2, -0.15) is 0 Å². The third-order valence-electron chi connectivity index (χ3n) is 4.92. The largest absolute Gasteiger partial charge is 0.488 e. The van der Waals surface area contributed by atoms with Crippen molar-refractivity contribution in [1.82, 2.24) is 5.32 Å². The molecule has 1 saturated heterocycles. The van der Waals surface area contributed by atoms with Gasteiger partial charge in [0.1, 0.15) is 17.9 Å². The van der Waals surface area contributed by atoms with Gasteiger partial charge in [-0.05, 0) is 66.6 Å². The van der Waals surface area contributed by atoms with Crippen molar-refractivity contribution in [3.05, 3.63) is 99.0 Å². The van der Waals surface area contributed by atoms with Crippen LogP contribution in [0.25, 0.3) is 6.08 Å². The molecule has 0 aromatic heterocycles. The molecule has 1 aliphatic rings. The van der Waals surface area contributed by atoms with Crippen LogP contribution in [0.1, 0.15) is 16.7 Å². The maximum atomic E-state index is 13.2. The highest BCUT2D eigenvalue weighted by Gasteiger charge is 2.37. The lowest BCUT2D eigenvalue weighted by Crippen LogP contribution is -2.54. The highest BCUT2D eigenvalue weighted by Crippen LogP contribution is 2.29. The van der Waals surface area contributed by atoms with Gasteiger partial charge in [-0.15, -0.1) is 0 Å². The topological polar surface area (TPSA) is 75.7 Å². The first kappa shape index (κ1) is 22.6. The molecule has 8 heteroatoms. The summed E-state index contributed by atoms with van der Waals surface area (Å²) in [6, 6.07) is 18.1. The molecule has 0 spiro atoms. The van der Waals surface area contributed by atoms with E-state index in [9.17, 15) is 14.4 Å². The molecular weight excluding hydrogens is 463 g/mol. The number of ether oxygens (including phenoxy) is 1. The zero-order chi connectivity index (χ0) is 23.5. The van der Waals surface area contributed by atoms with Gasteiger partial charge < -0.3 is 4.74 Å². The predicted molar refractivity (Wildman–Crippen MR) is 127 cm³/mol. The molecule has 1 heterocycles. The van der Waals surface area contributed by atoms with Crippen LogP contribution in [0, 0.1) is 6.92 Å². The maximum absolute atomic E-state index is 13.2. The number of rotatable bonds is 5. The number of anilines is 1. The Morgan fingerprint density at radius 2 is 1.70 bits per heavy atom. The molecule has 0 radical (unpaired) electrons. The number of nitrogens with zero attached hydrogens (tertiary/aromatic N) is 1. The number of urea groups is 1. The van der Waals surface area contributed by atoms with E-state index >= 15 is 0 Å². The Bertz CT molecular complexity index is 1300. The van der Waals surface area contributed by atoms with Crippen molar-refractivity contribution in [2.75, 3.05) is 4.90 Å². The minimum Gasteiger partial charge on any atom is -0.488 e. The second-order valence-electron chi connectivity index (χ2n) is 7.40. The lowest BCUT2D eigenvalue weighted by molar-refractivity contribution is -0.122. The van der Waals surface area contributed by atoms with Crippen LogP contribution in [0.2, 0.25) is 10.0 Å². The predicted octanol–water partition coefficient (Wildman–Crippen LogP) is 5.55. The molecule has 3 aromatic rings. The van der Waals surface area contributed by atoms with Crippen LogP contribution in [-0.4, -0.2) is 17.8 Å².